The first-order chi connectivity index (χ1) is 11.7. The summed E-state index contributed by atoms with van der Waals surface area (Å²) in [6, 6.07) is 0. The van der Waals surface area contributed by atoms with Crippen LogP contribution < -0.4 is 0 Å². The molecule has 4 rings (SSSR count). The molecule has 7 unspecified atom stereocenters. The monoisotopic (exact) mass is 352 g/mol. The zero-order valence-electron chi connectivity index (χ0n) is 15.7. The second kappa shape index (κ2) is 5.43. The standard InChI is InChI=1S/C20H32O5/c1-13-4-5-14-17(2,10-21)15(22)6-7-18(14,3)20(13)9-19(12-25-20)8-16(23)24-11-19/h13-15,21-22H,4-12H2,1-3H3. The third-order valence-corrected chi connectivity index (χ3v) is 8.59. The van der Waals surface area contributed by atoms with Gasteiger partial charge >= 0.3 is 5.97 Å². The van der Waals surface area contributed by atoms with Gasteiger partial charge in [0.1, 0.15) is 0 Å². The van der Waals surface area contributed by atoms with Crippen LogP contribution in [-0.4, -0.2) is 47.7 Å². The quantitative estimate of drug-likeness (QED) is 0.708. The van der Waals surface area contributed by atoms with Crippen LogP contribution in [0.3, 0.4) is 0 Å². The number of carbonyl (C=O) groups excluding carboxylic acids is 1. The molecule has 2 heterocycles. The fraction of sp³-hybridized carbons (Fsp3) is 0.950. The van der Waals surface area contributed by atoms with E-state index >= 15 is 0 Å². The van der Waals surface area contributed by atoms with Crippen LogP contribution in [0.15, 0.2) is 0 Å². The first-order valence-corrected chi connectivity index (χ1v) is 9.80. The molecule has 5 heteroatoms. The van der Waals surface area contributed by atoms with Crippen molar-refractivity contribution in [3.8, 4) is 0 Å². The minimum absolute atomic E-state index is 0.00558. The molecule has 7 atom stereocenters. The average molecular weight is 352 g/mol. The van der Waals surface area contributed by atoms with E-state index in [-0.39, 0.29) is 34.9 Å². The van der Waals surface area contributed by atoms with Gasteiger partial charge < -0.3 is 19.7 Å². The Bertz CT molecular complexity index is 578. The maximum absolute atomic E-state index is 11.8. The first kappa shape index (κ1) is 17.7. The maximum atomic E-state index is 11.8. The molecule has 4 fully saturated rings. The number of hydrogen-bond acceptors (Lipinski definition) is 5. The largest absolute Gasteiger partial charge is 0.465 e. The van der Waals surface area contributed by atoms with E-state index in [2.05, 4.69) is 13.8 Å². The number of aliphatic hydroxyl groups is 2. The van der Waals surface area contributed by atoms with Crippen LogP contribution in [0.1, 0.15) is 59.3 Å². The van der Waals surface area contributed by atoms with Crippen LogP contribution in [0.25, 0.3) is 0 Å². The number of hydrogen-bond donors (Lipinski definition) is 2. The molecule has 2 aliphatic carbocycles. The topological polar surface area (TPSA) is 76.0 Å². The number of carbonyl (C=O) groups is 1. The summed E-state index contributed by atoms with van der Waals surface area (Å²) in [7, 11) is 0. The van der Waals surface area contributed by atoms with Crippen molar-refractivity contribution in [2.24, 2.45) is 28.1 Å². The van der Waals surface area contributed by atoms with E-state index in [0.29, 0.717) is 32.0 Å². The van der Waals surface area contributed by atoms with Crippen LogP contribution in [0, 0.1) is 28.1 Å². The highest BCUT2D eigenvalue weighted by atomic mass is 16.6. The minimum atomic E-state index is -0.485. The molecule has 2 N–H and O–H groups in total. The number of esters is 1. The smallest absolute Gasteiger partial charge is 0.306 e. The van der Waals surface area contributed by atoms with Crippen molar-refractivity contribution in [2.45, 2.75) is 71.0 Å². The van der Waals surface area contributed by atoms with Crippen molar-refractivity contribution >= 4 is 5.97 Å². The summed E-state index contributed by atoms with van der Waals surface area (Å²) in [5.41, 5.74) is -1.06. The summed E-state index contributed by atoms with van der Waals surface area (Å²) in [5.74, 6) is 0.519. The summed E-state index contributed by atoms with van der Waals surface area (Å²) in [4.78, 5) is 11.8. The van der Waals surface area contributed by atoms with Gasteiger partial charge in [-0.05, 0) is 43.9 Å². The molecular weight excluding hydrogens is 320 g/mol. The van der Waals surface area contributed by atoms with Gasteiger partial charge in [-0.3, -0.25) is 4.79 Å². The van der Waals surface area contributed by atoms with Crippen molar-refractivity contribution in [3.63, 3.8) is 0 Å². The SMILES string of the molecule is CC1CCC2C(C)(CO)C(O)CCC2(C)C12CC1(COC(=O)C1)CO2. The van der Waals surface area contributed by atoms with Crippen molar-refractivity contribution in [2.75, 3.05) is 19.8 Å². The Labute approximate surface area is 150 Å². The zero-order valence-corrected chi connectivity index (χ0v) is 15.7. The predicted molar refractivity (Wildman–Crippen MR) is 91.7 cm³/mol. The molecule has 4 aliphatic rings. The fourth-order valence-corrected chi connectivity index (χ4v) is 6.96. The summed E-state index contributed by atoms with van der Waals surface area (Å²) < 4.78 is 11.9. The fourth-order valence-electron chi connectivity index (χ4n) is 6.96. The highest BCUT2D eigenvalue weighted by Crippen LogP contribution is 2.68. The molecule has 0 amide bonds. The second-order valence-electron chi connectivity index (χ2n) is 9.86. The molecule has 2 spiro atoms. The van der Waals surface area contributed by atoms with Gasteiger partial charge in [0.2, 0.25) is 0 Å². The van der Waals surface area contributed by atoms with E-state index < -0.39 is 11.5 Å². The molecule has 0 radical (unpaired) electrons. The predicted octanol–water partition coefficient (Wildman–Crippen LogP) is 2.28. The molecule has 25 heavy (non-hydrogen) atoms. The van der Waals surface area contributed by atoms with E-state index in [1.54, 1.807) is 0 Å². The molecule has 0 aromatic carbocycles. The molecule has 2 saturated heterocycles. The van der Waals surface area contributed by atoms with Crippen LogP contribution in [0.4, 0.5) is 0 Å². The Morgan fingerprint density at radius 2 is 1.96 bits per heavy atom. The van der Waals surface area contributed by atoms with E-state index in [1.807, 2.05) is 6.92 Å². The normalized spacial score (nSPS) is 55.6. The Morgan fingerprint density at radius 1 is 1.20 bits per heavy atom. The highest BCUT2D eigenvalue weighted by molar-refractivity contribution is 5.72. The van der Waals surface area contributed by atoms with Crippen LogP contribution >= 0.6 is 0 Å². The van der Waals surface area contributed by atoms with Gasteiger partial charge in [0, 0.05) is 16.2 Å². The van der Waals surface area contributed by atoms with Crippen LogP contribution in [0.5, 0.6) is 0 Å². The number of cyclic esters (lactones) is 1. The van der Waals surface area contributed by atoms with E-state index in [0.717, 1.165) is 25.7 Å². The van der Waals surface area contributed by atoms with E-state index in [4.69, 9.17) is 9.47 Å². The minimum Gasteiger partial charge on any atom is -0.465 e. The van der Waals surface area contributed by atoms with Gasteiger partial charge in [-0.25, -0.2) is 0 Å². The molecule has 0 bridgehead atoms. The second-order valence-corrected chi connectivity index (χ2v) is 9.86. The Balaban J connectivity index is 1.74. The van der Waals surface area contributed by atoms with E-state index in [9.17, 15) is 15.0 Å². The first-order valence-electron chi connectivity index (χ1n) is 9.80. The van der Waals surface area contributed by atoms with Crippen molar-refractivity contribution in [1.82, 2.24) is 0 Å². The van der Waals surface area contributed by atoms with E-state index in [1.165, 1.54) is 0 Å². The van der Waals surface area contributed by atoms with Crippen molar-refractivity contribution in [3.05, 3.63) is 0 Å². The van der Waals surface area contributed by atoms with Gasteiger partial charge in [0.15, 0.2) is 0 Å². The molecule has 0 aromatic rings. The third kappa shape index (κ3) is 2.15. The molecular formula is C20H32O5. The van der Waals surface area contributed by atoms with Crippen molar-refractivity contribution in [1.29, 1.82) is 0 Å². The third-order valence-electron chi connectivity index (χ3n) is 8.59. The van der Waals surface area contributed by atoms with Gasteiger partial charge in [-0.1, -0.05) is 20.8 Å². The Hall–Kier alpha value is -0.650. The highest BCUT2D eigenvalue weighted by Gasteiger charge is 2.69. The lowest BCUT2D eigenvalue weighted by atomic mass is 9.43. The van der Waals surface area contributed by atoms with Gasteiger partial charge in [-0.15, -0.1) is 0 Å². The molecule has 2 aliphatic heterocycles. The Morgan fingerprint density at radius 3 is 2.60 bits per heavy atom. The lowest BCUT2D eigenvalue weighted by Gasteiger charge is -2.64. The Kier molecular flexibility index (Phi) is 3.85. The molecule has 2 saturated carbocycles. The molecule has 5 nitrogen and oxygen atoms in total. The maximum Gasteiger partial charge on any atom is 0.306 e. The lowest BCUT2D eigenvalue weighted by Crippen LogP contribution is -2.66. The summed E-state index contributed by atoms with van der Waals surface area (Å²) in [6.45, 7) is 7.69. The summed E-state index contributed by atoms with van der Waals surface area (Å²) in [5, 5.41) is 20.8. The van der Waals surface area contributed by atoms with Crippen LogP contribution in [0.2, 0.25) is 0 Å². The zero-order chi connectivity index (χ0) is 18.1. The number of ether oxygens (including phenoxy) is 2. The van der Waals surface area contributed by atoms with Gasteiger partial charge in [-0.2, -0.15) is 0 Å². The van der Waals surface area contributed by atoms with Gasteiger partial charge in [0.25, 0.3) is 0 Å². The van der Waals surface area contributed by atoms with Gasteiger partial charge in [0.05, 0.1) is 37.9 Å². The molecule has 142 valence electrons. The summed E-state index contributed by atoms with van der Waals surface area (Å²) in [6.07, 6.45) is 4.51. The molecule has 0 aromatic heterocycles. The number of aliphatic hydroxyl groups excluding tert-OH is 2. The number of fused-ring (bicyclic) bond motifs is 2. The summed E-state index contributed by atoms with van der Waals surface area (Å²) >= 11 is 0. The van der Waals surface area contributed by atoms with Crippen LogP contribution in [-0.2, 0) is 14.3 Å². The number of rotatable bonds is 1. The average Bonchev–Trinajstić information content (AvgIpc) is 3.14. The van der Waals surface area contributed by atoms with Crippen molar-refractivity contribution < 1.29 is 24.5 Å². The lowest BCUT2D eigenvalue weighted by molar-refractivity contribution is -0.242.